The van der Waals surface area contributed by atoms with Crippen LogP contribution >= 0.6 is 23.1 Å². The number of anilines is 1. The van der Waals surface area contributed by atoms with E-state index in [0.717, 1.165) is 17.6 Å². The molecule has 1 saturated heterocycles. The molecule has 4 nitrogen and oxygen atoms in total. The van der Waals surface area contributed by atoms with Crippen LogP contribution in [0.3, 0.4) is 0 Å². The molecule has 0 saturated carbocycles. The highest BCUT2D eigenvalue weighted by molar-refractivity contribution is 7.11. The Hall–Kier alpha value is -2.10. The Kier molecular flexibility index (Phi) is 5.07. The van der Waals surface area contributed by atoms with Gasteiger partial charge in [0.25, 0.3) is 6.43 Å². The van der Waals surface area contributed by atoms with Gasteiger partial charge in [-0.2, -0.15) is 4.37 Å². The molecule has 28 heavy (non-hydrogen) atoms. The van der Waals surface area contributed by atoms with E-state index in [1.807, 2.05) is 0 Å². The number of hydrogen-bond acceptors (Lipinski definition) is 5. The van der Waals surface area contributed by atoms with Crippen molar-refractivity contribution in [2.45, 2.75) is 12.5 Å². The molecule has 0 amide bonds. The molecular formula is C18H14ClF4N3OS. The Morgan fingerprint density at radius 1 is 1.29 bits per heavy atom. The summed E-state index contributed by atoms with van der Waals surface area (Å²) in [5.74, 6) is -2.21. The Bertz CT molecular complexity index is 1030. The highest BCUT2D eigenvalue weighted by Crippen LogP contribution is 2.44. The van der Waals surface area contributed by atoms with Crippen LogP contribution in [0.15, 0.2) is 24.3 Å². The molecule has 148 valence electrons. The molecule has 2 N–H and O–H groups in total. The lowest BCUT2D eigenvalue weighted by Gasteiger charge is -2.36. The van der Waals surface area contributed by atoms with E-state index in [2.05, 4.69) is 9.69 Å². The van der Waals surface area contributed by atoms with Gasteiger partial charge in [-0.15, -0.1) is 0 Å². The van der Waals surface area contributed by atoms with Gasteiger partial charge < -0.3 is 15.3 Å². The van der Waals surface area contributed by atoms with Crippen molar-refractivity contribution in [2.75, 3.05) is 24.5 Å². The maximum Gasteiger partial charge on any atom is 0.259 e. The summed E-state index contributed by atoms with van der Waals surface area (Å²) in [6.45, 7) is 0.899. The van der Waals surface area contributed by atoms with Crippen molar-refractivity contribution in [3.05, 3.63) is 40.9 Å². The third kappa shape index (κ3) is 3.07. The van der Waals surface area contributed by atoms with Crippen LogP contribution in [0.2, 0.25) is 5.02 Å². The molecule has 1 aromatic heterocycles. The quantitative estimate of drug-likeness (QED) is 0.593. The molecule has 0 radical (unpaired) electrons. The minimum absolute atomic E-state index is 0.0917. The Labute approximate surface area is 166 Å². The topological polar surface area (TPSA) is 48.4 Å². The summed E-state index contributed by atoms with van der Waals surface area (Å²) in [6, 6.07) is 3.89. The molecule has 1 atom stereocenters. The van der Waals surface area contributed by atoms with Crippen LogP contribution < -0.4 is 10.2 Å². The number of halogens is 5. The number of phenolic OH excluding ortho intramolecular Hbond substituents is 1. The lowest BCUT2D eigenvalue weighted by Crippen LogP contribution is -2.54. The van der Waals surface area contributed by atoms with Crippen LogP contribution in [0.5, 0.6) is 5.75 Å². The molecule has 4 rings (SSSR count). The zero-order valence-corrected chi connectivity index (χ0v) is 15.8. The Balaban J connectivity index is 1.89. The maximum absolute atomic E-state index is 15.2. The zero-order chi connectivity index (χ0) is 20.0. The van der Waals surface area contributed by atoms with Gasteiger partial charge in [0.15, 0.2) is 5.82 Å². The largest absolute Gasteiger partial charge is 0.507 e. The first-order chi connectivity index (χ1) is 13.4. The van der Waals surface area contributed by atoms with Gasteiger partial charge >= 0.3 is 0 Å². The number of phenols is 1. The molecule has 1 fully saturated rings. The second-order valence-corrected chi connectivity index (χ2v) is 7.52. The standard InChI is InChI=1S/C18H14ClF4N3OS/c19-9-6-8-16(15(21)13(9)14-10(20)2-1-3-12(14)27)25-28-18(8)26-5-4-24-7-11(26)17(22)23/h1-3,6,11,17,24,27H,4-5,7H2. The number of fused-ring (bicyclic) bond motifs is 1. The van der Waals surface area contributed by atoms with Crippen molar-refractivity contribution < 1.29 is 22.7 Å². The zero-order valence-electron chi connectivity index (χ0n) is 14.2. The van der Waals surface area contributed by atoms with Crippen LogP contribution in [0.1, 0.15) is 0 Å². The summed E-state index contributed by atoms with van der Waals surface area (Å²) in [5, 5.41) is 13.4. The highest BCUT2D eigenvalue weighted by atomic mass is 35.5. The third-order valence-corrected chi connectivity index (χ3v) is 5.92. The van der Waals surface area contributed by atoms with E-state index in [1.54, 1.807) is 0 Å². The van der Waals surface area contributed by atoms with Gasteiger partial charge in [0.1, 0.15) is 28.1 Å². The van der Waals surface area contributed by atoms with E-state index < -0.39 is 29.9 Å². The summed E-state index contributed by atoms with van der Waals surface area (Å²) in [5.41, 5.74) is -0.782. The predicted octanol–water partition coefficient (Wildman–Crippen LogP) is 4.64. The van der Waals surface area contributed by atoms with Crippen molar-refractivity contribution in [3.8, 4) is 16.9 Å². The summed E-state index contributed by atoms with van der Waals surface area (Å²) >= 11 is 7.12. The average Bonchev–Trinajstić information content (AvgIpc) is 3.07. The molecule has 2 aromatic carbocycles. The van der Waals surface area contributed by atoms with Crippen molar-refractivity contribution in [1.29, 1.82) is 0 Å². The van der Waals surface area contributed by atoms with E-state index >= 15 is 4.39 Å². The average molecular weight is 432 g/mol. The molecule has 0 aliphatic carbocycles. The van der Waals surface area contributed by atoms with Gasteiger partial charge in [0.05, 0.1) is 10.6 Å². The normalized spacial score (nSPS) is 17.6. The minimum atomic E-state index is -2.60. The monoisotopic (exact) mass is 431 g/mol. The van der Waals surface area contributed by atoms with E-state index in [-0.39, 0.29) is 33.6 Å². The number of benzene rings is 2. The third-order valence-electron chi connectivity index (χ3n) is 4.72. The van der Waals surface area contributed by atoms with E-state index in [1.165, 1.54) is 23.1 Å². The summed E-state index contributed by atoms with van der Waals surface area (Å²) in [4.78, 5) is 1.50. The van der Waals surface area contributed by atoms with Gasteiger partial charge in [0.2, 0.25) is 0 Å². The van der Waals surface area contributed by atoms with Gasteiger partial charge in [0, 0.05) is 30.6 Å². The van der Waals surface area contributed by atoms with Gasteiger partial charge in [-0.05, 0) is 29.7 Å². The highest BCUT2D eigenvalue weighted by Gasteiger charge is 2.33. The lowest BCUT2D eigenvalue weighted by atomic mass is 10.0. The van der Waals surface area contributed by atoms with Gasteiger partial charge in [-0.3, -0.25) is 0 Å². The second kappa shape index (κ2) is 7.38. The molecule has 0 spiro atoms. The maximum atomic E-state index is 15.2. The molecule has 2 heterocycles. The fourth-order valence-electron chi connectivity index (χ4n) is 3.40. The fourth-order valence-corrected chi connectivity index (χ4v) is 4.63. The summed E-state index contributed by atoms with van der Waals surface area (Å²) in [6.07, 6.45) is -2.60. The van der Waals surface area contributed by atoms with E-state index in [4.69, 9.17) is 11.6 Å². The number of aromatic hydroxyl groups is 1. The fraction of sp³-hybridized carbons (Fsp3) is 0.278. The Morgan fingerprint density at radius 3 is 2.79 bits per heavy atom. The number of piperazine rings is 1. The lowest BCUT2D eigenvalue weighted by molar-refractivity contribution is 0.106. The number of aromatic nitrogens is 1. The summed E-state index contributed by atoms with van der Waals surface area (Å²) < 4.78 is 60.4. The van der Waals surface area contributed by atoms with Crippen molar-refractivity contribution in [2.24, 2.45) is 0 Å². The van der Waals surface area contributed by atoms with Gasteiger partial charge in [-0.25, -0.2) is 17.6 Å². The molecular weight excluding hydrogens is 418 g/mol. The van der Waals surface area contributed by atoms with Crippen molar-refractivity contribution in [3.63, 3.8) is 0 Å². The molecule has 0 bridgehead atoms. The number of nitrogens with one attached hydrogen (secondary N) is 1. The molecule has 1 aliphatic rings. The van der Waals surface area contributed by atoms with Crippen LogP contribution in [0.25, 0.3) is 22.0 Å². The van der Waals surface area contributed by atoms with Gasteiger partial charge in [-0.1, -0.05) is 17.7 Å². The van der Waals surface area contributed by atoms with E-state index in [0.29, 0.717) is 18.1 Å². The number of alkyl halides is 2. The second-order valence-electron chi connectivity index (χ2n) is 6.36. The number of hydrogen-bond donors (Lipinski definition) is 2. The minimum Gasteiger partial charge on any atom is -0.507 e. The number of nitrogens with zero attached hydrogens (tertiary/aromatic N) is 2. The Morgan fingerprint density at radius 2 is 2.07 bits per heavy atom. The van der Waals surface area contributed by atoms with Crippen molar-refractivity contribution >= 4 is 39.0 Å². The van der Waals surface area contributed by atoms with Crippen LogP contribution in [0, 0.1) is 11.6 Å². The number of rotatable bonds is 3. The predicted molar refractivity (Wildman–Crippen MR) is 102 cm³/mol. The first-order valence-electron chi connectivity index (χ1n) is 8.41. The van der Waals surface area contributed by atoms with Crippen LogP contribution in [-0.4, -0.2) is 41.6 Å². The molecule has 1 unspecified atom stereocenters. The van der Waals surface area contributed by atoms with Crippen molar-refractivity contribution in [1.82, 2.24) is 9.69 Å². The first kappa shape index (κ1) is 19.2. The van der Waals surface area contributed by atoms with E-state index in [9.17, 15) is 18.3 Å². The summed E-state index contributed by atoms with van der Waals surface area (Å²) in [7, 11) is 0. The smallest absolute Gasteiger partial charge is 0.259 e. The first-order valence-corrected chi connectivity index (χ1v) is 9.56. The van der Waals surface area contributed by atoms with Crippen LogP contribution in [0.4, 0.5) is 22.6 Å². The van der Waals surface area contributed by atoms with Crippen LogP contribution in [-0.2, 0) is 0 Å². The molecule has 1 aliphatic heterocycles. The molecule has 10 heteroatoms. The SMILES string of the molecule is Oc1cccc(F)c1-c1c(Cl)cc2c(N3CCNCC3C(F)F)snc2c1F. The molecule has 3 aromatic rings.